The molecule has 3 rings (SSSR count). The van der Waals surface area contributed by atoms with Gasteiger partial charge in [0.2, 0.25) is 5.91 Å². The molecular formula is C22H29ClN2O3. The first-order chi connectivity index (χ1) is 13.4. The van der Waals surface area contributed by atoms with E-state index >= 15 is 0 Å². The lowest BCUT2D eigenvalue weighted by atomic mass is 9.89. The molecule has 1 saturated heterocycles. The Kier molecular flexibility index (Phi) is 7.00. The van der Waals surface area contributed by atoms with E-state index in [0.717, 1.165) is 37.7 Å². The molecule has 2 unspecified atom stereocenters. The highest BCUT2D eigenvalue weighted by Gasteiger charge is 2.42. The van der Waals surface area contributed by atoms with E-state index in [0.29, 0.717) is 23.2 Å². The van der Waals surface area contributed by atoms with Crippen LogP contribution in [-0.2, 0) is 14.3 Å². The SMILES string of the molecule is CC(C)CCNC(=O)CN1C(=O)/C(=C\c2cccc(Cl)c2)OC2CCCCC21. The summed E-state index contributed by atoms with van der Waals surface area (Å²) in [6.45, 7) is 4.96. The Hall–Kier alpha value is -2.01. The number of carbonyl (C=O) groups excluding carboxylic acids is 2. The van der Waals surface area contributed by atoms with Crippen molar-refractivity contribution in [3.63, 3.8) is 0 Å². The number of nitrogens with zero attached hydrogens (tertiary/aromatic N) is 1. The lowest BCUT2D eigenvalue weighted by Crippen LogP contribution is -2.57. The first-order valence-corrected chi connectivity index (χ1v) is 10.5. The number of rotatable bonds is 6. The zero-order chi connectivity index (χ0) is 20.1. The highest BCUT2D eigenvalue weighted by molar-refractivity contribution is 6.30. The molecule has 1 heterocycles. The third-order valence-corrected chi connectivity index (χ3v) is 5.56. The average Bonchev–Trinajstić information content (AvgIpc) is 2.65. The van der Waals surface area contributed by atoms with Gasteiger partial charge in [0.1, 0.15) is 12.6 Å². The van der Waals surface area contributed by atoms with Crippen LogP contribution in [0.4, 0.5) is 0 Å². The number of nitrogens with one attached hydrogen (secondary N) is 1. The van der Waals surface area contributed by atoms with Crippen molar-refractivity contribution in [1.29, 1.82) is 0 Å². The lowest BCUT2D eigenvalue weighted by Gasteiger charge is -2.44. The Morgan fingerprint density at radius 1 is 1.36 bits per heavy atom. The number of ether oxygens (including phenoxy) is 1. The molecule has 2 aliphatic rings. The molecule has 1 aromatic rings. The van der Waals surface area contributed by atoms with Gasteiger partial charge in [-0.15, -0.1) is 0 Å². The van der Waals surface area contributed by atoms with Crippen LogP contribution >= 0.6 is 11.6 Å². The predicted octanol–water partition coefficient (Wildman–Crippen LogP) is 4.01. The number of hydrogen-bond donors (Lipinski definition) is 1. The van der Waals surface area contributed by atoms with Crippen molar-refractivity contribution in [2.45, 2.75) is 58.1 Å². The lowest BCUT2D eigenvalue weighted by molar-refractivity contribution is -0.151. The highest BCUT2D eigenvalue weighted by Crippen LogP contribution is 2.33. The summed E-state index contributed by atoms with van der Waals surface area (Å²) in [5, 5.41) is 3.54. The molecule has 0 spiro atoms. The van der Waals surface area contributed by atoms with E-state index in [4.69, 9.17) is 16.3 Å². The number of amides is 2. The largest absolute Gasteiger partial charge is 0.482 e. The molecular weight excluding hydrogens is 376 g/mol. The molecule has 5 nitrogen and oxygen atoms in total. The number of carbonyl (C=O) groups is 2. The van der Waals surface area contributed by atoms with Crippen molar-refractivity contribution in [2.24, 2.45) is 5.92 Å². The fourth-order valence-electron chi connectivity index (χ4n) is 3.82. The molecule has 0 aromatic heterocycles. The van der Waals surface area contributed by atoms with E-state index in [-0.39, 0.29) is 30.5 Å². The number of hydrogen-bond acceptors (Lipinski definition) is 3. The Morgan fingerprint density at radius 2 is 2.14 bits per heavy atom. The summed E-state index contributed by atoms with van der Waals surface area (Å²) in [6, 6.07) is 7.27. The van der Waals surface area contributed by atoms with Crippen LogP contribution < -0.4 is 5.32 Å². The smallest absolute Gasteiger partial charge is 0.289 e. The molecule has 1 aliphatic carbocycles. The van der Waals surface area contributed by atoms with Gasteiger partial charge in [-0.2, -0.15) is 0 Å². The minimum Gasteiger partial charge on any atom is -0.482 e. The first-order valence-electron chi connectivity index (χ1n) is 10.2. The minimum atomic E-state index is -0.220. The fraction of sp³-hybridized carbons (Fsp3) is 0.545. The summed E-state index contributed by atoms with van der Waals surface area (Å²) in [6.07, 6.45) is 6.50. The van der Waals surface area contributed by atoms with Crippen LogP contribution in [0, 0.1) is 5.92 Å². The molecule has 28 heavy (non-hydrogen) atoms. The molecule has 2 atom stereocenters. The van der Waals surface area contributed by atoms with Gasteiger partial charge in [0, 0.05) is 11.6 Å². The van der Waals surface area contributed by atoms with E-state index in [1.165, 1.54) is 0 Å². The van der Waals surface area contributed by atoms with Crippen LogP contribution in [0.15, 0.2) is 30.0 Å². The predicted molar refractivity (Wildman–Crippen MR) is 111 cm³/mol. The van der Waals surface area contributed by atoms with Crippen molar-refractivity contribution in [3.8, 4) is 0 Å². The summed E-state index contributed by atoms with van der Waals surface area (Å²) >= 11 is 6.06. The van der Waals surface area contributed by atoms with Crippen molar-refractivity contribution < 1.29 is 14.3 Å². The molecule has 6 heteroatoms. The fourth-order valence-corrected chi connectivity index (χ4v) is 4.02. The van der Waals surface area contributed by atoms with Crippen LogP contribution in [0.2, 0.25) is 5.02 Å². The summed E-state index contributed by atoms with van der Waals surface area (Å²) in [7, 11) is 0. The van der Waals surface area contributed by atoms with Crippen LogP contribution in [0.25, 0.3) is 6.08 Å². The van der Waals surface area contributed by atoms with Crippen LogP contribution in [0.1, 0.15) is 51.5 Å². The van der Waals surface area contributed by atoms with Crippen LogP contribution in [0.3, 0.4) is 0 Å². The standard InChI is InChI=1S/C22H29ClN2O3/c1-15(2)10-11-24-21(26)14-25-18-8-3-4-9-19(18)28-20(22(25)27)13-16-6-5-7-17(23)12-16/h5-7,12-13,15,18-19H,3-4,8-11,14H2,1-2H3,(H,24,26)/b20-13+. The Balaban J connectivity index is 1.76. The maximum atomic E-state index is 13.1. The summed E-state index contributed by atoms with van der Waals surface area (Å²) in [4.78, 5) is 27.2. The Morgan fingerprint density at radius 3 is 2.89 bits per heavy atom. The van der Waals surface area contributed by atoms with Crippen molar-refractivity contribution in [1.82, 2.24) is 10.2 Å². The van der Waals surface area contributed by atoms with Gasteiger partial charge in [0.05, 0.1) is 6.04 Å². The molecule has 1 aliphatic heterocycles. The summed E-state index contributed by atoms with van der Waals surface area (Å²) < 4.78 is 6.07. The highest BCUT2D eigenvalue weighted by atomic mass is 35.5. The van der Waals surface area contributed by atoms with Gasteiger partial charge in [-0.1, -0.05) is 44.0 Å². The number of halogens is 1. The topological polar surface area (TPSA) is 58.6 Å². The molecule has 0 radical (unpaired) electrons. The third-order valence-electron chi connectivity index (χ3n) is 5.32. The van der Waals surface area contributed by atoms with Gasteiger partial charge in [0.25, 0.3) is 5.91 Å². The second-order valence-corrected chi connectivity index (χ2v) is 8.47. The number of fused-ring (bicyclic) bond motifs is 1. The van der Waals surface area contributed by atoms with Gasteiger partial charge in [-0.25, -0.2) is 0 Å². The molecule has 152 valence electrons. The molecule has 1 saturated carbocycles. The van der Waals surface area contributed by atoms with Crippen LogP contribution in [-0.4, -0.2) is 41.9 Å². The maximum absolute atomic E-state index is 13.1. The Labute approximate surface area is 172 Å². The molecule has 2 amide bonds. The molecule has 1 N–H and O–H groups in total. The monoisotopic (exact) mass is 404 g/mol. The maximum Gasteiger partial charge on any atom is 0.289 e. The van der Waals surface area contributed by atoms with Gasteiger partial charge in [0.15, 0.2) is 5.76 Å². The Bertz CT molecular complexity index is 747. The van der Waals surface area contributed by atoms with Crippen molar-refractivity contribution >= 4 is 29.5 Å². The van der Waals surface area contributed by atoms with Gasteiger partial charge < -0.3 is 15.0 Å². The van der Waals surface area contributed by atoms with Crippen LogP contribution in [0.5, 0.6) is 0 Å². The molecule has 1 aromatic carbocycles. The van der Waals surface area contributed by atoms with E-state index in [2.05, 4.69) is 19.2 Å². The van der Waals surface area contributed by atoms with Gasteiger partial charge in [-0.3, -0.25) is 9.59 Å². The molecule has 0 bridgehead atoms. The van der Waals surface area contributed by atoms with Crippen molar-refractivity contribution in [3.05, 3.63) is 40.6 Å². The second-order valence-electron chi connectivity index (χ2n) is 8.04. The normalized spacial score (nSPS) is 23.5. The van der Waals surface area contributed by atoms with Crippen molar-refractivity contribution in [2.75, 3.05) is 13.1 Å². The third kappa shape index (κ3) is 5.28. The quantitative estimate of drug-likeness (QED) is 0.728. The van der Waals surface area contributed by atoms with E-state index in [1.807, 2.05) is 12.1 Å². The minimum absolute atomic E-state index is 0.0337. The molecule has 2 fully saturated rings. The summed E-state index contributed by atoms with van der Waals surface area (Å²) in [5.74, 6) is 0.491. The number of morpholine rings is 1. The zero-order valence-corrected chi connectivity index (χ0v) is 17.4. The van der Waals surface area contributed by atoms with E-state index in [9.17, 15) is 9.59 Å². The van der Waals surface area contributed by atoms with Gasteiger partial charge in [-0.05, 0) is 55.4 Å². The second kappa shape index (κ2) is 9.46. The van der Waals surface area contributed by atoms with E-state index < -0.39 is 0 Å². The number of benzene rings is 1. The summed E-state index contributed by atoms with van der Waals surface area (Å²) in [5.41, 5.74) is 0.812. The first kappa shape index (κ1) is 20.7. The zero-order valence-electron chi connectivity index (χ0n) is 16.6. The van der Waals surface area contributed by atoms with E-state index in [1.54, 1.807) is 23.1 Å². The van der Waals surface area contributed by atoms with Gasteiger partial charge >= 0.3 is 0 Å². The average molecular weight is 405 g/mol.